The van der Waals surface area contributed by atoms with Gasteiger partial charge in [-0.25, -0.2) is 4.98 Å². The van der Waals surface area contributed by atoms with Crippen molar-refractivity contribution >= 4 is 48.5 Å². The van der Waals surface area contributed by atoms with Gasteiger partial charge in [-0.3, -0.25) is 9.59 Å². The number of rotatable bonds is 2. The van der Waals surface area contributed by atoms with Gasteiger partial charge in [-0.2, -0.15) is 4.68 Å². The third-order valence-electron chi connectivity index (χ3n) is 4.50. The van der Waals surface area contributed by atoms with E-state index in [0.717, 1.165) is 21.1 Å². The maximum Gasteiger partial charge on any atom is 0.292 e. The second kappa shape index (κ2) is 5.78. The van der Waals surface area contributed by atoms with E-state index in [1.54, 1.807) is 24.3 Å². The average molecular weight is 372 g/mol. The molecule has 7 heteroatoms. The van der Waals surface area contributed by atoms with E-state index in [1.807, 2.05) is 30.3 Å². The van der Waals surface area contributed by atoms with Gasteiger partial charge in [0.25, 0.3) is 5.56 Å². The predicted molar refractivity (Wildman–Crippen MR) is 106 cm³/mol. The van der Waals surface area contributed by atoms with Gasteiger partial charge in [0, 0.05) is 16.3 Å². The average Bonchev–Trinajstić information content (AvgIpc) is 3.05. The molecule has 5 aromatic rings. The Hall–Kier alpha value is -3.45. The van der Waals surface area contributed by atoms with Crippen LogP contribution in [0.4, 0.5) is 0 Å². The van der Waals surface area contributed by atoms with E-state index in [1.165, 1.54) is 22.9 Å². The summed E-state index contributed by atoms with van der Waals surface area (Å²) in [4.78, 5) is 29.8. The van der Waals surface area contributed by atoms with Crippen LogP contribution >= 0.6 is 11.3 Å². The zero-order valence-corrected chi connectivity index (χ0v) is 15.0. The second-order valence-electron chi connectivity index (χ2n) is 6.22. The molecule has 0 amide bonds. The van der Waals surface area contributed by atoms with Crippen LogP contribution in [-0.2, 0) is 0 Å². The molecule has 0 atom stereocenters. The van der Waals surface area contributed by atoms with Gasteiger partial charge >= 0.3 is 0 Å². The monoisotopic (exact) mass is 372 g/mol. The van der Waals surface area contributed by atoms with Crippen molar-refractivity contribution in [3.63, 3.8) is 0 Å². The van der Waals surface area contributed by atoms with Crippen LogP contribution in [0.1, 0.15) is 17.3 Å². The lowest BCUT2D eigenvalue weighted by atomic mass is 10.1. The number of hydrogen-bond donors (Lipinski definition) is 0. The topological polar surface area (TPSA) is 77.7 Å². The van der Waals surface area contributed by atoms with Gasteiger partial charge in [0.1, 0.15) is 15.0 Å². The van der Waals surface area contributed by atoms with Gasteiger partial charge in [-0.05, 0) is 43.3 Å². The van der Waals surface area contributed by atoms with Gasteiger partial charge in [-0.1, -0.05) is 23.4 Å². The van der Waals surface area contributed by atoms with Gasteiger partial charge in [0.15, 0.2) is 5.78 Å². The Morgan fingerprint density at radius 1 is 1.07 bits per heavy atom. The molecule has 0 unspecified atom stereocenters. The summed E-state index contributed by atoms with van der Waals surface area (Å²) in [5.41, 5.74) is 2.34. The normalized spacial score (nSPS) is 11.4. The quantitative estimate of drug-likeness (QED) is 0.441. The molecule has 3 aromatic heterocycles. The van der Waals surface area contributed by atoms with Crippen molar-refractivity contribution in [1.82, 2.24) is 20.0 Å². The number of carbonyl (C=O) groups is 1. The minimum Gasteiger partial charge on any atom is -0.295 e. The van der Waals surface area contributed by atoms with E-state index in [4.69, 9.17) is 0 Å². The van der Waals surface area contributed by atoms with Crippen molar-refractivity contribution < 1.29 is 4.79 Å². The highest BCUT2D eigenvalue weighted by molar-refractivity contribution is 7.25. The van der Waals surface area contributed by atoms with Crippen molar-refractivity contribution in [2.45, 2.75) is 6.92 Å². The van der Waals surface area contributed by atoms with E-state index in [9.17, 15) is 9.59 Å². The molecule has 0 fully saturated rings. The fourth-order valence-corrected chi connectivity index (χ4v) is 4.11. The van der Waals surface area contributed by atoms with Crippen LogP contribution in [0.15, 0.2) is 59.4 Å². The van der Waals surface area contributed by atoms with Crippen molar-refractivity contribution in [3.05, 3.63) is 70.5 Å². The van der Waals surface area contributed by atoms with Crippen LogP contribution in [-0.4, -0.2) is 25.8 Å². The van der Waals surface area contributed by atoms with Crippen LogP contribution < -0.4 is 5.56 Å². The molecule has 0 aliphatic heterocycles. The van der Waals surface area contributed by atoms with Gasteiger partial charge in [0.05, 0.1) is 11.2 Å². The number of thiophene rings is 1. The first-order chi connectivity index (χ1) is 13.1. The third kappa shape index (κ3) is 2.43. The number of aromatic nitrogens is 4. The first kappa shape index (κ1) is 15.8. The number of para-hydroxylation sites is 1. The summed E-state index contributed by atoms with van der Waals surface area (Å²) < 4.78 is 1.76. The summed E-state index contributed by atoms with van der Waals surface area (Å²) in [7, 11) is 0. The maximum absolute atomic E-state index is 13.0. The summed E-state index contributed by atoms with van der Waals surface area (Å²) in [6.45, 7) is 1.50. The third-order valence-corrected chi connectivity index (χ3v) is 5.57. The van der Waals surface area contributed by atoms with Gasteiger partial charge < -0.3 is 0 Å². The highest BCUT2D eigenvalue weighted by Gasteiger charge is 2.15. The number of nitrogens with zero attached hydrogens (tertiary/aromatic N) is 4. The smallest absolute Gasteiger partial charge is 0.292 e. The van der Waals surface area contributed by atoms with Gasteiger partial charge in [-0.15, -0.1) is 16.4 Å². The van der Waals surface area contributed by atoms with Crippen LogP contribution in [0.3, 0.4) is 0 Å². The molecular weight excluding hydrogens is 360 g/mol. The minimum atomic E-state index is -0.248. The number of carbonyl (C=O) groups excluding carboxylic acids is 1. The first-order valence-electron chi connectivity index (χ1n) is 8.31. The molecule has 0 aliphatic rings. The Labute approximate surface area is 156 Å². The molecule has 5 rings (SSSR count). The lowest BCUT2D eigenvalue weighted by Crippen LogP contribution is -2.21. The highest BCUT2D eigenvalue weighted by atomic mass is 32.1. The molecule has 0 N–H and O–H groups in total. The summed E-state index contributed by atoms with van der Waals surface area (Å²) >= 11 is 1.32. The van der Waals surface area contributed by atoms with Crippen molar-refractivity contribution in [2.75, 3.05) is 0 Å². The van der Waals surface area contributed by atoms with E-state index >= 15 is 0 Å². The largest absolute Gasteiger partial charge is 0.295 e. The van der Waals surface area contributed by atoms with Crippen LogP contribution in [0.5, 0.6) is 0 Å². The SMILES string of the molecule is CC(=O)c1ccc(-n2nnc3c(sc4nc5ccccc5cc43)c2=O)cc1. The number of ketones is 1. The fourth-order valence-electron chi connectivity index (χ4n) is 3.09. The van der Waals surface area contributed by atoms with E-state index in [2.05, 4.69) is 15.3 Å². The van der Waals surface area contributed by atoms with Crippen LogP contribution in [0.2, 0.25) is 0 Å². The molecule has 0 saturated heterocycles. The molecule has 0 bridgehead atoms. The molecule has 0 saturated carbocycles. The Balaban J connectivity index is 1.75. The van der Waals surface area contributed by atoms with Crippen molar-refractivity contribution in [3.8, 4) is 5.69 Å². The summed E-state index contributed by atoms with van der Waals surface area (Å²) in [6.07, 6.45) is 0. The van der Waals surface area contributed by atoms with Crippen LogP contribution in [0, 0.1) is 0 Å². The fraction of sp³-hybridized carbons (Fsp3) is 0.0500. The number of pyridine rings is 1. The molecule has 2 aromatic carbocycles. The molecule has 130 valence electrons. The molecule has 3 heterocycles. The second-order valence-corrected chi connectivity index (χ2v) is 7.22. The lowest BCUT2D eigenvalue weighted by Gasteiger charge is -2.03. The first-order valence-corrected chi connectivity index (χ1v) is 9.13. The molecule has 0 radical (unpaired) electrons. The lowest BCUT2D eigenvalue weighted by molar-refractivity contribution is 0.101. The molecule has 27 heavy (non-hydrogen) atoms. The zero-order valence-electron chi connectivity index (χ0n) is 14.2. The number of Topliss-reactive ketones (excluding diaryl/α,β-unsaturated/α-hetero) is 1. The zero-order chi connectivity index (χ0) is 18.5. The molecule has 6 nitrogen and oxygen atoms in total. The maximum atomic E-state index is 13.0. The standard InChI is InChI=1S/C20H12N4O2S/c1-11(25)12-6-8-14(9-7-12)24-20(26)18-17(22-23-24)15-10-13-4-2-3-5-16(13)21-19(15)27-18/h2-10H,1H3. The predicted octanol–water partition coefficient (Wildman–Crippen LogP) is 3.75. The Kier molecular flexibility index (Phi) is 3.38. The van der Waals surface area contributed by atoms with Gasteiger partial charge in [0.2, 0.25) is 0 Å². The number of fused-ring (bicyclic) bond motifs is 4. The summed E-state index contributed by atoms with van der Waals surface area (Å²) in [5.74, 6) is -0.0296. The Morgan fingerprint density at radius 3 is 2.63 bits per heavy atom. The summed E-state index contributed by atoms with van der Waals surface area (Å²) in [5, 5.41) is 10.2. The van der Waals surface area contributed by atoms with Crippen molar-refractivity contribution in [1.29, 1.82) is 0 Å². The summed E-state index contributed by atoms with van der Waals surface area (Å²) in [6, 6.07) is 16.5. The Morgan fingerprint density at radius 2 is 1.85 bits per heavy atom. The molecule has 0 spiro atoms. The van der Waals surface area contributed by atoms with E-state index in [0.29, 0.717) is 21.5 Å². The number of benzene rings is 2. The van der Waals surface area contributed by atoms with E-state index < -0.39 is 0 Å². The molecule has 0 aliphatic carbocycles. The molecular formula is C20H12N4O2S. The Bertz CT molecular complexity index is 1420. The minimum absolute atomic E-state index is 0.0296. The number of hydrogen-bond acceptors (Lipinski definition) is 6. The van der Waals surface area contributed by atoms with Crippen LogP contribution in [0.25, 0.3) is 37.0 Å². The van der Waals surface area contributed by atoms with Crippen molar-refractivity contribution in [2.24, 2.45) is 0 Å². The highest BCUT2D eigenvalue weighted by Crippen LogP contribution is 2.31. The van der Waals surface area contributed by atoms with E-state index in [-0.39, 0.29) is 11.3 Å².